The van der Waals surface area contributed by atoms with E-state index in [0.717, 1.165) is 89.3 Å². The van der Waals surface area contributed by atoms with E-state index in [1.807, 2.05) is 36.4 Å². The van der Waals surface area contributed by atoms with Gasteiger partial charge in [-0.2, -0.15) is 0 Å². The van der Waals surface area contributed by atoms with Crippen molar-refractivity contribution in [3.63, 3.8) is 0 Å². The molecule has 11 aromatic rings. The van der Waals surface area contributed by atoms with E-state index in [-0.39, 0.29) is 0 Å². The van der Waals surface area contributed by atoms with Crippen molar-refractivity contribution in [3.8, 4) is 67.3 Å². The van der Waals surface area contributed by atoms with Crippen LogP contribution in [-0.4, -0.2) is 9.97 Å². The summed E-state index contributed by atoms with van der Waals surface area (Å²) in [5.41, 5.74) is 16.1. The molecule has 292 valence electrons. The standard InChI is InChI=1S/C58H39N3O/c1-5-16-40(17-6-1)42-30-34-48(35-31-42)61(49-36-32-43(33-37-49)41-18-7-2-8-19-41)55-29-15-28-52-51-27-14-26-50(56(51)62-57(52)55)46-24-13-25-47(38-46)58-59-53(44-20-9-3-10-21-44)39-54(60-58)45-22-11-4-12-23-45/h1-39H. The van der Waals surface area contributed by atoms with Crippen LogP contribution >= 0.6 is 0 Å². The van der Waals surface area contributed by atoms with Crippen molar-refractivity contribution in [3.05, 3.63) is 237 Å². The minimum absolute atomic E-state index is 0.665. The Morgan fingerprint density at radius 3 is 1.26 bits per heavy atom. The largest absolute Gasteiger partial charge is 0.453 e. The van der Waals surface area contributed by atoms with Gasteiger partial charge in [0.05, 0.1) is 17.1 Å². The molecule has 0 amide bonds. The highest BCUT2D eigenvalue weighted by Crippen LogP contribution is 2.45. The molecule has 0 saturated heterocycles. The maximum atomic E-state index is 7.11. The lowest BCUT2D eigenvalue weighted by atomic mass is 9.99. The summed E-state index contributed by atoms with van der Waals surface area (Å²) < 4.78 is 7.11. The first-order valence-corrected chi connectivity index (χ1v) is 20.9. The third kappa shape index (κ3) is 7.00. The van der Waals surface area contributed by atoms with Crippen LogP contribution in [0.15, 0.2) is 241 Å². The van der Waals surface area contributed by atoms with Crippen LogP contribution in [-0.2, 0) is 0 Å². The minimum Gasteiger partial charge on any atom is -0.453 e. The van der Waals surface area contributed by atoms with Gasteiger partial charge in [-0.1, -0.05) is 194 Å². The van der Waals surface area contributed by atoms with E-state index < -0.39 is 0 Å². The number of para-hydroxylation sites is 2. The van der Waals surface area contributed by atoms with Gasteiger partial charge in [0.2, 0.25) is 0 Å². The lowest BCUT2D eigenvalue weighted by Gasteiger charge is -2.26. The molecule has 11 rings (SSSR count). The number of furan rings is 1. The lowest BCUT2D eigenvalue weighted by molar-refractivity contribution is 0.670. The van der Waals surface area contributed by atoms with Crippen molar-refractivity contribution in [2.45, 2.75) is 0 Å². The van der Waals surface area contributed by atoms with Gasteiger partial charge < -0.3 is 9.32 Å². The number of nitrogens with zero attached hydrogens (tertiary/aromatic N) is 3. The Hall–Kier alpha value is -8.34. The first-order chi connectivity index (χ1) is 30.7. The number of aromatic nitrogens is 2. The van der Waals surface area contributed by atoms with Gasteiger partial charge in [-0.3, -0.25) is 0 Å². The molecule has 0 spiro atoms. The van der Waals surface area contributed by atoms with Crippen LogP contribution in [0.5, 0.6) is 0 Å². The monoisotopic (exact) mass is 793 g/mol. The summed E-state index contributed by atoms with van der Waals surface area (Å²) in [4.78, 5) is 12.6. The quantitative estimate of drug-likeness (QED) is 0.146. The van der Waals surface area contributed by atoms with Gasteiger partial charge in [-0.25, -0.2) is 9.97 Å². The topological polar surface area (TPSA) is 42.2 Å². The molecule has 9 aromatic carbocycles. The highest BCUT2D eigenvalue weighted by Gasteiger charge is 2.21. The zero-order valence-electron chi connectivity index (χ0n) is 33.8. The molecule has 62 heavy (non-hydrogen) atoms. The number of hydrogen-bond donors (Lipinski definition) is 0. The van der Waals surface area contributed by atoms with Gasteiger partial charge in [-0.05, 0) is 70.3 Å². The van der Waals surface area contributed by atoms with E-state index in [2.05, 4.69) is 205 Å². The number of hydrogen-bond acceptors (Lipinski definition) is 4. The van der Waals surface area contributed by atoms with Gasteiger partial charge >= 0.3 is 0 Å². The van der Waals surface area contributed by atoms with Crippen LogP contribution in [0.2, 0.25) is 0 Å². The summed E-state index contributed by atoms with van der Waals surface area (Å²) in [6.45, 7) is 0. The maximum Gasteiger partial charge on any atom is 0.160 e. The Labute approximate surface area is 360 Å². The average Bonchev–Trinajstić information content (AvgIpc) is 3.75. The van der Waals surface area contributed by atoms with E-state index in [4.69, 9.17) is 14.4 Å². The van der Waals surface area contributed by atoms with Crippen molar-refractivity contribution in [1.29, 1.82) is 0 Å². The average molecular weight is 794 g/mol. The van der Waals surface area contributed by atoms with E-state index in [0.29, 0.717) is 5.82 Å². The summed E-state index contributed by atoms with van der Waals surface area (Å²) in [6.07, 6.45) is 0. The number of fused-ring (bicyclic) bond motifs is 3. The fraction of sp³-hybridized carbons (Fsp3) is 0. The van der Waals surface area contributed by atoms with Gasteiger partial charge in [0.15, 0.2) is 11.4 Å². The lowest BCUT2D eigenvalue weighted by Crippen LogP contribution is -2.10. The third-order valence-electron chi connectivity index (χ3n) is 11.5. The molecule has 0 atom stereocenters. The van der Waals surface area contributed by atoms with Crippen molar-refractivity contribution >= 4 is 39.0 Å². The molecule has 4 nitrogen and oxygen atoms in total. The molecule has 0 aliphatic rings. The molecule has 0 unspecified atom stereocenters. The first kappa shape index (κ1) is 36.7. The van der Waals surface area contributed by atoms with Crippen LogP contribution in [0.3, 0.4) is 0 Å². The predicted molar refractivity (Wildman–Crippen MR) is 257 cm³/mol. The Bertz CT molecular complexity index is 3170. The number of anilines is 3. The number of benzene rings is 9. The molecule has 0 bridgehead atoms. The van der Waals surface area contributed by atoms with E-state index >= 15 is 0 Å². The second-order valence-corrected chi connectivity index (χ2v) is 15.4. The van der Waals surface area contributed by atoms with Crippen molar-refractivity contribution in [1.82, 2.24) is 9.97 Å². The van der Waals surface area contributed by atoms with E-state index in [1.165, 1.54) is 11.1 Å². The van der Waals surface area contributed by atoms with Gasteiger partial charge in [0.1, 0.15) is 5.58 Å². The molecular formula is C58H39N3O. The van der Waals surface area contributed by atoms with Crippen molar-refractivity contribution in [2.24, 2.45) is 0 Å². The summed E-state index contributed by atoms with van der Waals surface area (Å²) >= 11 is 0. The maximum absolute atomic E-state index is 7.11. The zero-order chi connectivity index (χ0) is 41.2. The molecule has 0 saturated carbocycles. The van der Waals surface area contributed by atoms with Crippen molar-refractivity contribution in [2.75, 3.05) is 4.90 Å². The second-order valence-electron chi connectivity index (χ2n) is 15.4. The normalized spacial score (nSPS) is 11.2. The van der Waals surface area contributed by atoms with Gasteiger partial charge in [-0.15, -0.1) is 0 Å². The smallest absolute Gasteiger partial charge is 0.160 e. The van der Waals surface area contributed by atoms with Crippen LogP contribution in [0.4, 0.5) is 17.1 Å². The first-order valence-electron chi connectivity index (χ1n) is 20.9. The Balaban J connectivity index is 1.03. The molecule has 2 aromatic heterocycles. The second kappa shape index (κ2) is 16.0. The molecule has 2 heterocycles. The highest BCUT2D eigenvalue weighted by molar-refractivity contribution is 6.13. The molecule has 0 aliphatic heterocycles. The number of rotatable bonds is 9. The van der Waals surface area contributed by atoms with Gasteiger partial charge in [0, 0.05) is 44.4 Å². The van der Waals surface area contributed by atoms with Crippen LogP contribution in [0.25, 0.3) is 89.2 Å². The van der Waals surface area contributed by atoms with Crippen LogP contribution in [0, 0.1) is 0 Å². The molecule has 0 N–H and O–H groups in total. The van der Waals surface area contributed by atoms with Crippen LogP contribution < -0.4 is 4.90 Å². The molecule has 0 radical (unpaired) electrons. The summed E-state index contributed by atoms with van der Waals surface area (Å²) in [5, 5.41) is 2.10. The van der Waals surface area contributed by atoms with Crippen LogP contribution in [0.1, 0.15) is 0 Å². The SMILES string of the molecule is c1ccc(-c2ccc(N(c3ccc(-c4ccccc4)cc3)c3cccc4c3oc3c(-c5cccc(-c6nc(-c7ccccc7)cc(-c7ccccc7)n6)c5)cccc34)cc2)cc1. The summed E-state index contributed by atoms with van der Waals surface area (Å²) in [7, 11) is 0. The molecule has 0 aliphatic carbocycles. The van der Waals surface area contributed by atoms with E-state index in [9.17, 15) is 0 Å². The van der Waals surface area contributed by atoms with Crippen molar-refractivity contribution < 1.29 is 4.42 Å². The minimum atomic E-state index is 0.665. The predicted octanol–water partition coefficient (Wildman–Crippen LogP) is 15.8. The highest BCUT2D eigenvalue weighted by atomic mass is 16.3. The zero-order valence-corrected chi connectivity index (χ0v) is 33.8. The van der Waals surface area contributed by atoms with E-state index in [1.54, 1.807) is 0 Å². The Kier molecular flexibility index (Phi) is 9.49. The fourth-order valence-electron chi connectivity index (χ4n) is 8.42. The summed E-state index contributed by atoms with van der Waals surface area (Å²) in [6, 6.07) is 82.6. The molecular weight excluding hydrogens is 755 g/mol. The third-order valence-corrected chi connectivity index (χ3v) is 11.5. The molecule has 4 heteroatoms. The summed E-state index contributed by atoms with van der Waals surface area (Å²) in [5.74, 6) is 0.665. The van der Waals surface area contributed by atoms with Gasteiger partial charge in [0.25, 0.3) is 0 Å². The molecule has 0 fully saturated rings. The fourth-order valence-corrected chi connectivity index (χ4v) is 8.42. The Morgan fingerprint density at radius 1 is 0.306 bits per heavy atom. The Morgan fingerprint density at radius 2 is 0.726 bits per heavy atom.